The molecule has 3 rings (SSSR count). The Bertz CT molecular complexity index is 1030. The van der Waals surface area contributed by atoms with Crippen molar-refractivity contribution in [3.8, 4) is 0 Å². The standard InChI is InChI=1S/C23H24N4O/c1-14-5-7-18(8-6-14)23(28)25-22-16(3)12-20(13-17(22)4)26-27-21-10-9-19(24)11-15(21)2/h5-13H,24H2,1-4H3,(H,25,28). The van der Waals surface area contributed by atoms with Crippen molar-refractivity contribution in [2.24, 2.45) is 10.2 Å². The number of nitrogens with zero attached hydrogens (tertiary/aromatic N) is 2. The van der Waals surface area contributed by atoms with Crippen molar-refractivity contribution in [2.45, 2.75) is 27.7 Å². The molecule has 0 saturated heterocycles. The number of anilines is 2. The maximum atomic E-state index is 12.5. The molecule has 0 aliphatic heterocycles. The Hall–Kier alpha value is -3.47. The van der Waals surface area contributed by atoms with Gasteiger partial charge in [0.25, 0.3) is 5.91 Å². The summed E-state index contributed by atoms with van der Waals surface area (Å²) in [6, 6.07) is 16.9. The topological polar surface area (TPSA) is 79.8 Å². The number of nitrogens with one attached hydrogen (secondary N) is 1. The Balaban J connectivity index is 1.81. The summed E-state index contributed by atoms with van der Waals surface area (Å²) in [5.74, 6) is -0.127. The molecule has 28 heavy (non-hydrogen) atoms. The van der Waals surface area contributed by atoms with Crippen molar-refractivity contribution in [3.63, 3.8) is 0 Å². The number of amides is 1. The van der Waals surface area contributed by atoms with Gasteiger partial charge in [0.05, 0.1) is 11.4 Å². The van der Waals surface area contributed by atoms with Crippen LogP contribution in [0.1, 0.15) is 32.6 Å². The molecule has 0 aliphatic carbocycles. The molecule has 0 atom stereocenters. The molecule has 5 nitrogen and oxygen atoms in total. The minimum absolute atomic E-state index is 0.127. The van der Waals surface area contributed by atoms with Crippen LogP contribution in [0.2, 0.25) is 0 Å². The van der Waals surface area contributed by atoms with Gasteiger partial charge in [-0.25, -0.2) is 0 Å². The average molecular weight is 372 g/mol. The molecule has 142 valence electrons. The maximum absolute atomic E-state index is 12.5. The van der Waals surface area contributed by atoms with E-state index in [1.165, 1.54) is 0 Å². The summed E-state index contributed by atoms with van der Waals surface area (Å²) < 4.78 is 0. The van der Waals surface area contributed by atoms with Crippen molar-refractivity contribution in [3.05, 3.63) is 82.4 Å². The van der Waals surface area contributed by atoms with E-state index in [-0.39, 0.29) is 5.91 Å². The maximum Gasteiger partial charge on any atom is 0.255 e. The van der Waals surface area contributed by atoms with Crippen LogP contribution in [-0.4, -0.2) is 5.91 Å². The lowest BCUT2D eigenvalue weighted by Crippen LogP contribution is -2.13. The molecule has 0 aliphatic rings. The minimum atomic E-state index is -0.127. The summed E-state index contributed by atoms with van der Waals surface area (Å²) in [7, 11) is 0. The Morgan fingerprint density at radius 3 is 2.07 bits per heavy atom. The van der Waals surface area contributed by atoms with E-state index < -0.39 is 0 Å². The molecule has 3 aromatic carbocycles. The number of benzene rings is 3. The van der Waals surface area contributed by atoms with Gasteiger partial charge in [0.1, 0.15) is 0 Å². The van der Waals surface area contributed by atoms with Crippen molar-refractivity contribution in [1.82, 2.24) is 0 Å². The molecule has 0 heterocycles. The molecule has 0 aromatic heterocycles. The third-order valence-electron chi connectivity index (χ3n) is 4.56. The van der Waals surface area contributed by atoms with Crippen LogP contribution >= 0.6 is 0 Å². The van der Waals surface area contributed by atoms with Gasteiger partial charge >= 0.3 is 0 Å². The second kappa shape index (κ2) is 8.05. The highest BCUT2D eigenvalue weighted by atomic mass is 16.1. The number of aryl methyl sites for hydroxylation is 4. The Kier molecular flexibility index (Phi) is 5.54. The summed E-state index contributed by atoms with van der Waals surface area (Å²) in [4.78, 5) is 12.5. The van der Waals surface area contributed by atoms with Gasteiger partial charge in [-0.2, -0.15) is 10.2 Å². The fraction of sp³-hybridized carbons (Fsp3) is 0.174. The van der Waals surface area contributed by atoms with E-state index in [4.69, 9.17) is 5.73 Å². The van der Waals surface area contributed by atoms with E-state index in [9.17, 15) is 4.79 Å². The summed E-state index contributed by atoms with van der Waals surface area (Å²) in [6.07, 6.45) is 0. The van der Waals surface area contributed by atoms with Crippen LogP contribution in [0.5, 0.6) is 0 Å². The van der Waals surface area contributed by atoms with Crippen LogP contribution in [0.3, 0.4) is 0 Å². The average Bonchev–Trinajstić information content (AvgIpc) is 2.64. The summed E-state index contributed by atoms with van der Waals surface area (Å²) in [6.45, 7) is 7.84. The number of nitrogen functional groups attached to an aromatic ring is 1. The molecule has 3 N–H and O–H groups in total. The highest BCUT2D eigenvalue weighted by Crippen LogP contribution is 2.29. The Morgan fingerprint density at radius 2 is 1.46 bits per heavy atom. The van der Waals surface area contributed by atoms with E-state index >= 15 is 0 Å². The van der Waals surface area contributed by atoms with Crippen LogP contribution in [0.4, 0.5) is 22.7 Å². The quantitative estimate of drug-likeness (QED) is 0.424. The molecule has 0 spiro atoms. The monoisotopic (exact) mass is 372 g/mol. The van der Waals surface area contributed by atoms with Crippen LogP contribution < -0.4 is 11.1 Å². The van der Waals surface area contributed by atoms with Crippen LogP contribution in [-0.2, 0) is 0 Å². The molecule has 0 unspecified atom stereocenters. The number of hydrogen-bond acceptors (Lipinski definition) is 4. The lowest BCUT2D eigenvalue weighted by Gasteiger charge is -2.12. The summed E-state index contributed by atoms with van der Waals surface area (Å²) in [5, 5.41) is 11.7. The van der Waals surface area contributed by atoms with Gasteiger partial charge in [-0.1, -0.05) is 17.7 Å². The first-order chi connectivity index (χ1) is 13.3. The number of hydrogen-bond donors (Lipinski definition) is 2. The lowest BCUT2D eigenvalue weighted by atomic mass is 10.1. The van der Waals surface area contributed by atoms with Crippen LogP contribution in [0.15, 0.2) is 64.8 Å². The zero-order valence-electron chi connectivity index (χ0n) is 16.6. The normalized spacial score (nSPS) is 11.0. The first kappa shape index (κ1) is 19.3. The molecular weight excluding hydrogens is 348 g/mol. The second-order valence-corrected chi connectivity index (χ2v) is 7.02. The second-order valence-electron chi connectivity index (χ2n) is 7.02. The van der Waals surface area contributed by atoms with Gasteiger partial charge in [-0.05, 0) is 86.8 Å². The highest BCUT2D eigenvalue weighted by molar-refractivity contribution is 6.05. The number of carbonyl (C=O) groups is 1. The van der Waals surface area contributed by atoms with Gasteiger partial charge in [0.2, 0.25) is 0 Å². The Morgan fingerprint density at radius 1 is 0.821 bits per heavy atom. The number of carbonyl (C=O) groups excluding carboxylic acids is 1. The van der Waals surface area contributed by atoms with Gasteiger partial charge in [-0.15, -0.1) is 0 Å². The Labute approximate surface area is 165 Å². The molecule has 0 saturated carbocycles. The minimum Gasteiger partial charge on any atom is -0.399 e. The van der Waals surface area contributed by atoms with Crippen LogP contribution in [0, 0.1) is 27.7 Å². The molecule has 0 radical (unpaired) electrons. The number of rotatable bonds is 4. The summed E-state index contributed by atoms with van der Waals surface area (Å²) in [5.41, 5.74) is 13.4. The third-order valence-corrected chi connectivity index (χ3v) is 4.56. The smallest absolute Gasteiger partial charge is 0.255 e. The first-order valence-electron chi connectivity index (χ1n) is 9.10. The molecule has 0 bridgehead atoms. The van der Waals surface area contributed by atoms with Crippen molar-refractivity contribution in [1.29, 1.82) is 0 Å². The first-order valence-corrected chi connectivity index (χ1v) is 9.10. The van der Waals surface area contributed by atoms with Crippen molar-refractivity contribution in [2.75, 3.05) is 11.1 Å². The van der Waals surface area contributed by atoms with Crippen molar-refractivity contribution >= 4 is 28.7 Å². The molecule has 5 heteroatoms. The SMILES string of the molecule is Cc1ccc(C(=O)Nc2c(C)cc(N=Nc3ccc(N)cc3C)cc2C)cc1. The van der Waals surface area contributed by atoms with Crippen LogP contribution in [0.25, 0.3) is 0 Å². The molecule has 1 amide bonds. The molecular formula is C23H24N4O. The van der Waals surface area contributed by atoms with Gasteiger partial charge in [0.15, 0.2) is 0 Å². The third kappa shape index (κ3) is 4.43. The van der Waals surface area contributed by atoms with Gasteiger partial charge in [-0.3, -0.25) is 4.79 Å². The van der Waals surface area contributed by atoms with Crippen molar-refractivity contribution < 1.29 is 4.79 Å². The number of azo groups is 1. The highest BCUT2D eigenvalue weighted by Gasteiger charge is 2.11. The fourth-order valence-corrected chi connectivity index (χ4v) is 2.99. The predicted octanol–water partition coefficient (Wildman–Crippen LogP) is 6.17. The van der Waals surface area contributed by atoms with E-state index in [0.29, 0.717) is 11.3 Å². The van der Waals surface area contributed by atoms with Gasteiger partial charge in [0, 0.05) is 16.9 Å². The van der Waals surface area contributed by atoms with Gasteiger partial charge < -0.3 is 11.1 Å². The molecule has 3 aromatic rings. The van der Waals surface area contributed by atoms with E-state index in [1.807, 2.05) is 82.3 Å². The fourth-order valence-electron chi connectivity index (χ4n) is 2.99. The van der Waals surface area contributed by atoms with E-state index in [2.05, 4.69) is 15.5 Å². The molecule has 0 fully saturated rings. The lowest BCUT2D eigenvalue weighted by molar-refractivity contribution is 0.102. The number of nitrogens with two attached hydrogens (primary N) is 1. The zero-order chi connectivity index (χ0) is 20.3. The zero-order valence-corrected chi connectivity index (χ0v) is 16.6. The summed E-state index contributed by atoms with van der Waals surface area (Å²) >= 11 is 0. The van der Waals surface area contributed by atoms with E-state index in [1.54, 1.807) is 0 Å². The largest absolute Gasteiger partial charge is 0.399 e. The van der Waals surface area contributed by atoms with E-state index in [0.717, 1.165) is 39.3 Å². The predicted molar refractivity (Wildman–Crippen MR) is 115 cm³/mol.